The Balaban J connectivity index is 1.81. The summed E-state index contributed by atoms with van der Waals surface area (Å²) in [6.45, 7) is 0. The van der Waals surface area contributed by atoms with Gasteiger partial charge in [0.05, 0.1) is 51.5 Å². The fourth-order valence-corrected chi connectivity index (χ4v) is 12.3. The Morgan fingerprint density at radius 3 is 1.04 bits per heavy atom. The number of rotatable bonds is 8. The van der Waals surface area contributed by atoms with Crippen molar-refractivity contribution in [2.24, 2.45) is 10.8 Å². The minimum Gasteiger partial charge on any atom is -0.468 e. The Hall–Kier alpha value is -3.98. The van der Waals surface area contributed by atoms with Crippen molar-refractivity contribution in [2.75, 3.05) is 51.5 Å². The van der Waals surface area contributed by atoms with E-state index in [0.29, 0.717) is 21.2 Å². The van der Waals surface area contributed by atoms with Gasteiger partial charge in [-0.2, -0.15) is 0 Å². The molecule has 12 nitrogen and oxygen atoms in total. The molecule has 0 bridgehead atoms. The van der Waals surface area contributed by atoms with Crippen LogP contribution in [0.2, 0.25) is 10.0 Å². The van der Waals surface area contributed by atoms with E-state index in [0.717, 1.165) is 28.4 Å². The molecule has 0 saturated carbocycles. The predicted octanol–water partition coefficient (Wildman–Crippen LogP) is 4.25. The monoisotopic (exact) mass is 794 g/mol. The van der Waals surface area contributed by atoms with E-state index in [-0.39, 0.29) is 11.1 Å². The van der Waals surface area contributed by atoms with Crippen LogP contribution in [-0.2, 0) is 57.8 Å². The lowest BCUT2D eigenvalue weighted by molar-refractivity contribution is -0.174. The van der Waals surface area contributed by atoms with Crippen molar-refractivity contribution in [2.45, 2.75) is 23.7 Å². The minimum atomic E-state index is -4.01. The number of methoxy groups -OCH3 is 4. The van der Waals surface area contributed by atoms with Crippen molar-refractivity contribution < 1.29 is 55.0 Å². The van der Waals surface area contributed by atoms with Crippen molar-refractivity contribution in [3.63, 3.8) is 0 Å². The van der Waals surface area contributed by atoms with Crippen LogP contribution in [0.3, 0.4) is 0 Å². The summed E-state index contributed by atoms with van der Waals surface area (Å²) in [5.74, 6) is -12.4. The first-order valence-electron chi connectivity index (χ1n) is 15.9. The Morgan fingerprint density at radius 2 is 0.769 bits per heavy atom. The van der Waals surface area contributed by atoms with Crippen molar-refractivity contribution in [3.05, 3.63) is 105 Å². The van der Waals surface area contributed by atoms with E-state index in [1.807, 2.05) is 0 Å². The summed E-state index contributed by atoms with van der Waals surface area (Å²) in [7, 11) is -3.76. The topological polar surface area (TPSA) is 173 Å². The molecule has 2 aliphatic heterocycles. The Kier molecular flexibility index (Phi) is 11.2. The van der Waals surface area contributed by atoms with Gasteiger partial charge in [-0.3, -0.25) is 19.2 Å². The Labute approximate surface area is 311 Å². The van der Waals surface area contributed by atoms with Gasteiger partial charge in [0, 0.05) is 33.7 Å². The predicted molar refractivity (Wildman–Crippen MR) is 191 cm³/mol. The van der Waals surface area contributed by atoms with E-state index in [1.165, 1.54) is 72.8 Å². The van der Waals surface area contributed by atoms with Crippen LogP contribution in [0, 0.1) is 10.8 Å². The first kappa shape index (κ1) is 39.2. The molecule has 0 radical (unpaired) electrons. The summed E-state index contributed by atoms with van der Waals surface area (Å²) >= 11 is 12.2. The number of benzene rings is 3. The molecule has 3 aromatic carbocycles. The lowest BCUT2D eigenvalue weighted by atomic mass is 9.61. The molecule has 3 unspecified atom stereocenters. The lowest BCUT2D eigenvalue weighted by Crippen LogP contribution is -2.57. The molecule has 4 atom stereocenters. The molecule has 3 aromatic rings. The lowest BCUT2D eigenvalue weighted by Gasteiger charge is -2.46. The van der Waals surface area contributed by atoms with Crippen molar-refractivity contribution >= 4 is 66.8 Å². The number of hydrogen-bond donors (Lipinski definition) is 0. The van der Waals surface area contributed by atoms with Crippen molar-refractivity contribution in [1.29, 1.82) is 0 Å². The third-order valence-electron chi connectivity index (χ3n) is 10.2. The molecule has 0 spiro atoms. The van der Waals surface area contributed by atoms with Gasteiger partial charge < -0.3 is 18.9 Å². The molecule has 2 saturated heterocycles. The van der Waals surface area contributed by atoms with Gasteiger partial charge in [-0.05, 0) is 46.5 Å². The number of halogens is 2. The number of hydrogen-bond acceptors (Lipinski definition) is 12. The van der Waals surface area contributed by atoms with Gasteiger partial charge in [-0.1, -0.05) is 71.7 Å². The third-order valence-corrected chi connectivity index (χ3v) is 14.1. The molecule has 2 heterocycles. The number of sulfone groups is 2. The van der Waals surface area contributed by atoms with Crippen LogP contribution in [0.4, 0.5) is 0 Å². The highest BCUT2D eigenvalue weighted by molar-refractivity contribution is 7.91. The molecule has 2 aliphatic rings. The number of ether oxygens (including phenoxy) is 4. The van der Waals surface area contributed by atoms with Crippen LogP contribution in [0.1, 0.15) is 45.9 Å². The summed E-state index contributed by atoms with van der Waals surface area (Å²) in [6.07, 6.45) is 0. The number of carbonyl (C=O) groups excluding carboxylic acids is 4. The van der Waals surface area contributed by atoms with Gasteiger partial charge in [-0.25, -0.2) is 16.8 Å². The first-order valence-corrected chi connectivity index (χ1v) is 20.3. The van der Waals surface area contributed by atoms with Crippen molar-refractivity contribution in [1.82, 2.24) is 0 Å². The largest absolute Gasteiger partial charge is 0.468 e. The average molecular weight is 796 g/mol. The molecule has 2 fully saturated rings. The molecule has 0 aliphatic carbocycles. The van der Waals surface area contributed by atoms with Gasteiger partial charge in [0.2, 0.25) is 0 Å². The summed E-state index contributed by atoms with van der Waals surface area (Å²) in [5, 5.41) is 0.653. The maximum absolute atomic E-state index is 14.0. The molecule has 278 valence electrons. The summed E-state index contributed by atoms with van der Waals surface area (Å²) in [5.41, 5.74) is -3.75. The molecule has 52 heavy (non-hydrogen) atoms. The SMILES string of the molecule is COC(=O)C1(C(=O)OC)C(c2ccc(Cl)cc2)CS(=O)(=O)CC1c1cccc(C2CS(=O)(=O)C[C@H](c3ccc(Cl)cc3)C2(C(=O)OC)C(=O)OC)c1. The van der Waals surface area contributed by atoms with Crippen LogP contribution in [0.15, 0.2) is 72.8 Å². The van der Waals surface area contributed by atoms with Gasteiger partial charge in [0.15, 0.2) is 30.5 Å². The van der Waals surface area contributed by atoms with Crippen LogP contribution >= 0.6 is 23.2 Å². The second-order valence-electron chi connectivity index (χ2n) is 12.8. The normalized spacial score (nSPS) is 24.1. The van der Waals surface area contributed by atoms with Gasteiger partial charge in [0.25, 0.3) is 0 Å². The Bertz CT molecular complexity index is 1920. The van der Waals surface area contributed by atoms with Crippen LogP contribution in [0.5, 0.6) is 0 Å². The van der Waals surface area contributed by atoms with E-state index in [2.05, 4.69) is 0 Å². The van der Waals surface area contributed by atoms with Crippen molar-refractivity contribution in [3.8, 4) is 0 Å². The van der Waals surface area contributed by atoms with Crippen LogP contribution < -0.4 is 0 Å². The highest BCUT2D eigenvalue weighted by Crippen LogP contribution is 2.56. The summed E-state index contributed by atoms with van der Waals surface area (Å²) in [6, 6.07) is 17.8. The molecule has 0 aromatic heterocycles. The van der Waals surface area contributed by atoms with Crippen LogP contribution in [-0.4, -0.2) is 92.2 Å². The van der Waals surface area contributed by atoms with E-state index in [1.54, 1.807) is 0 Å². The Morgan fingerprint density at radius 1 is 0.500 bits per heavy atom. The van der Waals surface area contributed by atoms with E-state index >= 15 is 0 Å². The summed E-state index contributed by atoms with van der Waals surface area (Å²) < 4.78 is 75.7. The highest BCUT2D eigenvalue weighted by atomic mass is 35.5. The van der Waals surface area contributed by atoms with E-state index in [4.69, 9.17) is 42.1 Å². The van der Waals surface area contributed by atoms with E-state index < -0.39 is 101 Å². The number of carbonyl (C=O) groups is 4. The second-order valence-corrected chi connectivity index (χ2v) is 18.0. The van der Waals surface area contributed by atoms with Gasteiger partial charge in [-0.15, -0.1) is 0 Å². The molecule has 0 amide bonds. The van der Waals surface area contributed by atoms with Gasteiger partial charge >= 0.3 is 23.9 Å². The zero-order chi connectivity index (χ0) is 38.2. The molecule has 5 rings (SSSR count). The minimum absolute atomic E-state index is 0.102. The van der Waals surface area contributed by atoms with Gasteiger partial charge in [0.1, 0.15) is 0 Å². The second kappa shape index (κ2) is 14.8. The quantitative estimate of drug-likeness (QED) is 0.181. The fraction of sp³-hybridized carbons (Fsp3) is 0.389. The maximum Gasteiger partial charge on any atom is 0.324 e. The summed E-state index contributed by atoms with van der Waals surface area (Å²) in [4.78, 5) is 56.1. The zero-order valence-electron chi connectivity index (χ0n) is 28.5. The molecular formula is C36H36Cl2O12S2. The van der Waals surface area contributed by atoms with Crippen LogP contribution in [0.25, 0.3) is 0 Å². The zero-order valence-corrected chi connectivity index (χ0v) is 31.7. The standard InChI is InChI=1S/C36H36Cl2O12S2/c1-47-31(39)35(32(40)48-2)27(21-8-12-25(37)13-9-21)17-51(43,44)19-29(35)23-6-5-7-24(16-23)30-20-52(45,46)18-28(22-10-14-26(38)15-11-22)36(30,33(41)49-3)34(42)50-4/h5-16,27-30H,17-20H2,1-4H3/t27-,28?,29?,30?/m1/s1. The van der Waals surface area contributed by atoms with E-state index in [9.17, 15) is 36.0 Å². The molecule has 0 N–H and O–H groups in total. The smallest absolute Gasteiger partial charge is 0.324 e. The first-order chi connectivity index (χ1) is 24.5. The number of esters is 4. The fourth-order valence-electron chi connectivity index (χ4n) is 7.96. The third kappa shape index (κ3) is 6.70. The molecule has 16 heteroatoms. The maximum atomic E-state index is 14.0. The molecular weight excluding hydrogens is 759 g/mol. The highest BCUT2D eigenvalue weighted by Gasteiger charge is 2.66. The average Bonchev–Trinajstić information content (AvgIpc) is 3.13.